The Bertz CT molecular complexity index is 1450. The number of carbonyl (C=O) groups excluding carboxylic acids is 1. The second-order valence-electron chi connectivity index (χ2n) is 8.12. The van der Waals surface area contributed by atoms with Crippen molar-refractivity contribution in [2.75, 3.05) is 31.0 Å². The summed E-state index contributed by atoms with van der Waals surface area (Å²) in [5.74, 6) is 0.914. The van der Waals surface area contributed by atoms with Gasteiger partial charge in [0, 0.05) is 49.6 Å². The number of nitrogens with one attached hydrogen (secondary N) is 1. The average Bonchev–Trinajstić information content (AvgIpc) is 3.08. The van der Waals surface area contributed by atoms with Crippen LogP contribution < -0.4 is 30.9 Å². The number of likely N-dealkylation sites (N-methyl/N-ethyl adjacent to an activating group) is 1. The molecule has 0 saturated heterocycles. The number of ether oxygens (including phenoxy) is 2. The summed E-state index contributed by atoms with van der Waals surface area (Å²) < 4.78 is 13.6. The minimum atomic E-state index is -1.50. The predicted octanol–water partition coefficient (Wildman–Crippen LogP) is 1.86. The van der Waals surface area contributed by atoms with Crippen LogP contribution >= 0.6 is 0 Å². The van der Waals surface area contributed by atoms with Gasteiger partial charge >= 0.3 is 5.69 Å². The smallest absolute Gasteiger partial charge is 0.332 e. The number of methoxy groups -OCH3 is 2. The number of para-hydroxylation sites is 1. The number of aromatic nitrogens is 2. The lowest BCUT2D eigenvalue weighted by molar-refractivity contribution is -0.120. The topological polar surface area (TPSA) is 94.8 Å². The van der Waals surface area contributed by atoms with Crippen molar-refractivity contribution in [3.05, 3.63) is 73.9 Å². The number of amides is 1. The highest BCUT2D eigenvalue weighted by molar-refractivity contribution is 6.15. The van der Waals surface area contributed by atoms with E-state index in [-0.39, 0.29) is 17.3 Å². The van der Waals surface area contributed by atoms with E-state index in [9.17, 15) is 14.4 Å². The van der Waals surface area contributed by atoms with Crippen molar-refractivity contribution in [1.29, 1.82) is 0 Å². The zero-order chi connectivity index (χ0) is 23.7. The zero-order valence-electron chi connectivity index (χ0n) is 19.1. The second-order valence-corrected chi connectivity index (χ2v) is 8.12. The Balaban J connectivity index is 2.06. The third-order valence-corrected chi connectivity index (χ3v) is 6.68. The fraction of sp³-hybridized carbons (Fsp3) is 0.292. The van der Waals surface area contributed by atoms with Crippen LogP contribution in [0.15, 0.2) is 46.0 Å². The number of rotatable bonds is 3. The maximum absolute atomic E-state index is 14.4. The number of hydrogen-bond donors (Lipinski definition) is 1. The molecule has 1 N–H and O–H groups in total. The molecule has 2 aliphatic rings. The zero-order valence-corrected chi connectivity index (χ0v) is 19.1. The van der Waals surface area contributed by atoms with E-state index in [1.54, 1.807) is 24.1 Å². The van der Waals surface area contributed by atoms with Gasteiger partial charge in [-0.2, -0.15) is 0 Å². The fourth-order valence-electron chi connectivity index (χ4n) is 5.19. The first-order valence-corrected chi connectivity index (χ1v) is 10.6. The largest absolute Gasteiger partial charge is 0.497 e. The van der Waals surface area contributed by atoms with Crippen LogP contribution in [-0.2, 0) is 24.3 Å². The van der Waals surface area contributed by atoms with E-state index >= 15 is 0 Å². The van der Waals surface area contributed by atoms with E-state index in [4.69, 9.17) is 9.47 Å². The molecular formula is C24H24N4O5. The van der Waals surface area contributed by atoms with Gasteiger partial charge in [-0.25, -0.2) is 4.79 Å². The Kier molecular flexibility index (Phi) is 4.42. The van der Waals surface area contributed by atoms with Crippen LogP contribution in [0.4, 0.5) is 17.2 Å². The molecule has 1 aromatic heterocycles. The average molecular weight is 448 g/mol. The summed E-state index contributed by atoms with van der Waals surface area (Å²) in [6.07, 6.45) is 0. The van der Waals surface area contributed by atoms with E-state index < -0.39 is 16.7 Å². The van der Waals surface area contributed by atoms with E-state index in [2.05, 4.69) is 5.32 Å². The van der Waals surface area contributed by atoms with Gasteiger partial charge in [0.05, 0.1) is 25.5 Å². The third kappa shape index (κ3) is 2.39. The summed E-state index contributed by atoms with van der Waals surface area (Å²) in [7, 11) is 6.04. The molecule has 0 bridgehead atoms. The van der Waals surface area contributed by atoms with Crippen molar-refractivity contribution in [2.24, 2.45) is 14.1 Å². The van der Waals surface area contributed by atoms with Crippen molar-refractivity contribution >= 4 is 23.1 Å². The molecule has 0 saturated carbocycles. The maximum Gasteiger partial charge on any atom is 0.332 e. The summed E-state index contributed by atoms with van der Waals surface area (Å²) in [5, 5.41) is 3.22. The Morgan fingerprint density at radius 3 is 2.36 bits per heavy atom. The molecule has 0 unspecified atom stereocenters. The molecule has 0 aliphatic carbocycles. The van der Waals surface area contributed by atoms with Gasteiger partial charge in [-0.1, -0.05) is 18.2 Å². The SMILES string of the molecule is CCN1C(=O)[C@@]2(c3ccccc31)c1c(cc(OC)cc1OC)Nc1c2c(=O)n(C)c(=O)n1C. The molecule has 3 aromatic rings. The molecule has 5 rings (SSSR count). The van der Waals surface area contributed by atoms with Crippen LogP contribution in [0.3, 0.4) is 0 Å². The predicted molar refractivity (Wildman–Crippen MR) is 124 cm³/mol. The number of hydrogen-bond acceptors (Lipinski definition) is 6. The minimum Gasteiger partial charge on any atom is -0.497 e. The maximum atomic E-state index is 14.4. The Hall–Kier alpha value is -4.01. The van der Waals surface area contributed by atoms with Gasteiger partial charge in [0.2, 0.25) is 5.91 Å². The monoisotopic (exact) mass is 448 g/mol. The summed E-state index contributed by atoms with van der Waals surface area (Å²) >= 11 is 0. The first-order valence-electron chi connectivity index (χ1n) is 10.6. The third-order valence-electron chi connectivity index (χ3n) is 6.68. The highest BCUT2D eigenvalue weighted by Gasteiger charge is 2.60. The van der Waals surface area contributed by atoms with Crippen LogP contribution in [0.1, 0.15) is 23.6 Å². The molecule has 1 amide bonds. The fourth-order valence-corrected chi connectivity index (χ4v) is 5.19. The number of carbonyl (C=O) groups is 1. The quantitative estimate of drug-likeness (QED) is 0.657. The Morgan fingerprint density at radius 2 is 1.70 bits per heavy atom. The van der Waals surface area contributed by atoms with E-state index in [1.165, 1.54) is 25.8 Å². The standard InChI is InChI=1S/C24H24N4O5/c1-6-28-16-10-8-7-9-14(16)24(22(28)30)18-15(11-13(32-4)12-17(18)33-5)25-20-19(24)21(29)27(3)23(31)26(20)2/h7-12,25H,6H2,1-5H3/t24-/m0/s1. The van der Waals surface area contributed by atoms with Gasteiger partial charge in [-0.05, 0) is 13.0 Å². The summed E-state index contributed by atoms with van der Waals surface area (Å²) in [6, 6.07) is 10.9. The number of nitrogens with zero attached hydrogens (tertiary/aromatic N) is 3. The van der Waals surface area contributed by atoms with Gasteiger partial charge in [0.25, 0.3) is 5.56 Å². The summed E-state index contributed by atoms with van der Waals surface area (Å²) in [6.45, 7) is 2.31. The van der Waals surface area contributed by atoms with E-state index in [0.29, 0.717) is 34.9 Å². The molecule has 9 heteroatoms. The normalized spacial score (nSPS) is 18.0. The van der Waals surface area contributed by atoms with E-state index in [1.807, 2.05) is 31.2 Å². The van der Waals surface area contributed by atoms with Crippen LogP contribution in [0.2, 0.25) is 0 Å². The molecule has 1 spiro atoms. The van der Waals surface area contributed by atoms with Crippen molar-refractivity contribution < 1.29 is 14.3 Å². The number of benzene rings is 2. The molecule has 33 heavy (non-hydrogen) atoms. The van der Waals surface area contributed by atoms with Crippen molar-refractivity contribution in [3.8, 4) is 11.5 Å². The molecular weight excluding hydrogens is 424 g/mol. The lowest BCUT2D eigenvalue weighted by Crippen LogP contribution is -2.52. The van der Waals surface area contributed by atoms with Gasteiger partial charge in [-0.15, -0.1) is 0 Å². The van der Waals surface area contributed by atoms with Crippen LogP contribution in [0, 0.1) is 0 Å². The van der Waals surface area contributed by atoms with Gasteiger partial charge in [0.15, 0.2) is 0 Å². The first-order chi connectivity index (χ1) is 15.8. The van der Waals surface area contributed by atoms with Crippen LogP contribution in [0.5, 0.6) is 11.5 Å². The molecule has 0 fully saturated rings. The highest BCUT2D eigenvalue weighted by Crippen LogP contribution is 2.58. The van der Waals surface area contributed by atoms with Gasteiger partial charge in [0.1, 0.15) is 22.7 Å². The van der Waals surface area contributed by atoms with Crippen molar-refractivity contribution in [3.63, 3.8) is 0 Å². The van der Waals surface area contributed by atoms with Crippen molar-refractivity contribution in [1.82, 2.24) is 9.13 Å². The molecule has 9 nitrogen and oxygen atoms in total. The number of anilines is 3. The Morgan fingerprint density at radius 1 is 0.970 bits per heavy atom. The number of fused-ring (bicyclic) bond motifs is 6. The molecule has 170 valence electrons. The molecule has 1 atom stereocenters. The lowest BCUT2D eigenvalue weighted by atomic mass is 9.68. The van der Waals surface area contributed by atoms with Gasteiger partial charge in [-0.3, -0.25) is 18.7 Å². The highest BCUT2D eigenvalue weighted by atomic mass is 16.5. The minimum absolute atomic E-state index is 0.191. The molecule has 0 radical (unpaired) electrons. The van der Waals surface area contributed by atoms with Crippen molar-refractivity contribution in [2.45, 2.75) is 12.3 Å². The first kappa shape index (κ1) is 20.9. The molecule has 3 heterocycles. The summed E-state index contributed by atoms with van der Waals surface area (Å²) in [5.41, 5.74) is 0.0936. The molecule has 2 aromatic carbocycles. The Labute approximate surface area is 189 Å². The molecule has 2 aliphatic heterocycles. The second kappa shape index (κ2) is 6.99. The van der Waals surface area contributed by atoms with E-state index in [0.717, 1.165) is 10.3 Å². The van der Waals surface area contributed by atoms with Crippen LogP contribution in [0.25, 0.3) is 0 Å². The lowest BCUT2D eigenvalue weighted by Gasteiger charge is -2.38. The van der Waals surface area contributed by atoms with Crippen LogP contribution in [-0.4, -0.2) is 35.8 Å². The summed E-state index contributed by atoms with van der Waals surface area (Å²) in [4.78, 5) is 42.5. The van der Waals surface area contributed by atoms with Gasteiger partial charge < -0.3 is 19.7 Å².